The first-order chi connectivity index (χ1) is 12.6. The standard InChI is InChI=1S/C22H20ClNO2/c23-21-9-5-4-6-16(21)10-11-18-14-20(25)13-12-19(18)15-24-22(26)17-7-2-1-3-8-17/h1-9,12-14,25H,10-11,15H2,(H,24,26). The molecule has 3 rings (SSSR count). The Balaban J connectivity index is 1.70. The number of carbonyl (C=O) groups is 1. The van der Waals surface area contributed by atoms with Crippen molar-refractivity contribution < 1.29 is 9.90 Å². The van der Waals surface area contributed by atoms with Crippen molar-refractivity contribution in [3.63, 3.8) is 0 Å². The normalized spacial score (nSPS) is 10.5. The van der Waals surface area contributed by atoms with Crippen molar-refractivity contribution in [3.8, 4) is 5.75 Å². The molecule has 0 spiro atoms. The Morgan fingerprint density at radius 1 is 0.846 bits per heavy atom. The van der Waals surface area contributed by atoms with Crippen LogP contribution in [0, 0.1) is 0 Å². The van der Waals surface area contributed by atoms with Crippen LogP contribution in [0.25, 0.3) is 0 Å². The van der Waals surface area contributed by atoms with E-state index < -0.39 is 0 Å². The lowest BCUT2D eigenvalue weighted by Crippen LogP contribution is -2.23. The van der Waals surface area contributed by atoms with Gasteiger partial charge in [-0.05, 0) is 59.9 Å². The zero-order valence-electron chi connectivity index (χ0n) is 14.3. The maximum Gasteiger partial charge on any atom is 0.251 e. The van der Waals surface area contributed by atoms with Gasteiger partial charge in [0.05, 0.1) is 0 Å². The van der Waals surface area contributed by atoms with Crippen LogP contribution in [0.15, 0.2) is 72.8 Å². The summed E-state index contributed by atoms with van der Waals surface area (Å²) in [5, 5.41) is 13.5. The van der Waals surface area contributed by atoms with Gasteiger partial charge in [0.2, 0.25) is 0 Å². The highest BCUT2D eigenvalue weighted by Gasteiger charge is 2.09. The molecule has 0 saturated carbocycles. The van der Waals surface area contributed by atoms with Crippen molar-refractivity contribution in [1.29, 1.82) is 0 Å². The molecule has 0 fully saturated rings. The number of nitrogens with one attached hydrogen (secondary N) is 1. The average molecular weight is 366 g/mol. The third kappa shape index (κ3) is 4.64. The van der Waals surface area contributed by atoms with E-state index in [0.717, 1.165) is 34.6 Å². The highest BCUT2D eigenvalue weighted by atomic mass is 35.5. The number of carbonyl (C=O) groups excluding carboxylic acids is 1. The van der Waals surface area contributed by atoms with Crippen LogP contribution in [0.1, 0.15) is 27.0 Å². The predicted octanol–water partition coefficient (Wildman–Crippen LogP) is 4.76. The minimum Gasteiger partial charge on any atom is -0.508 e. The van der Waals surface area contributed by atoms with Gasteiger partial charge >= 0.3 is 0 Å². The second kappa shape index (κ2) is 8.54. The van der Waals surface area contributed by atoms with E-state index in [0.29, 0.717) is 12.1 Å². The number of hydrogen-bond donors (Lipinski definition) is 2. The van der Waals surface area contributed by atoms with Gasteiger partial charge in [0.1, 0.15) is 5.75 Å². The number of amides is 1. The lowest BCUT2D eigenvalue weighted by atomic mass is 9.99. The molecule has 26 heavy (non-hydrogen) atoms. The first kappa shape index (κ1) is 18.0. The Labute approximate surface area is 158 Å². The summed E-state index contributed by atoms with van der Waals surface area (Å²) in [6.07, 6.45) is 1.50. The number of aromatic hydroxyl groups is 1. The first-order valence-electron chi connectivity index (χ1n) is 8.51. The summed E-state index contributed by atoms with van der Waals surface area (Å²) in [5.74, 6) is 0.105. The number of hydrogen-bond acceptors (Lipinski definition) is 2. The Morgan fingerprint density at radius 3 is 2.31 bits per heavy atom. The first-order valence-corrected chi connectivity index (χ1v) is 8.88. The van der Waals surface area contributed by atoms with Crippen molar-refractivity contribution >= 4 is 17.5 Å². The van der Waals surface area contributed by atoms with Gasteiger partial charge in [-0.15, -0.1) is 0 Å². The second-order valence-corrected chi connectivity index (χ2v) is 6.50. The molecule has 0 atom stereocenters. The molecular formula is C22H20ClNO2. The summed E-state index contributed by atoms with van der Waals surface area (Å²) in [6.45, 7) is 0.409. The van der Waals surface area contributed by atoms with Gasteiger partial charge in [-0.1, -0.05) is 54.1 Å². The Kier molecular flexibility index (Phi) is 5.92. The van der Waals surface area contributed by atoms with Gasteiger partial charge in [-0.2, -0.15) is 0 Å². The van der Waals surface area contributed by atoms with E-state index in [1.165, 1.54) is 0 Å². The number of aryl methyl sites for hydroxylation is 2. The molecular weight excluding hydrogens is 346 g/mol. The Bertz CT molecular complexity index is 894. The summed E-state index contributed by atoms with van der Waals surface area (Å²) in [7, 11) is 0. The monoisotopic (exact) mass is 365 g/mol. The molecule has 0 aliphatic rings. The highest BCUT2D eigenvalue weighted by Crippen LogP contribution is 2.21. The highest BCUT2D eigenvalue weighted by molar-refractivity contribution is 6.31. The molecule has 3 aromatic carbocycles. The summed E-state index contributed by atoms with van der Waals surface area (Å²) in [5.41, 5.74) is 3.68. The van der Waals surface area contributed by atoms with Crippen molar-refractivity contribution in [1.82, 2.24) is 5.32 Å². The van der Waals surface area contributed by atoms with Crippen LogP contribution in [0.3, 0.4) is 0 Å². The molecule has 0 aromatic heterocycles. The topological polar surface area (TPSA) is 49.3 Å². The summed E-state index contributed by atoms with van der Waals surface area (Å²) < 4.78 is 0. The Hall–Kier alpha value is -2.78. The van der Waals surface area contributed by atoms with Crippen LogP contribution in [0.4, 0.5) is 0 Å². The fourth-order valence-corrected chi connectivity index (χ4v) is 3.09. The smallest absolute Gasteiger partial charge is 0.251 e. The van der Waals surface area contributed by atoms with Crippen molar-refractivity contribution in [2.45, 2.75) is 19.4 Å². The van der Waals surface area contributed by atoms with Crippen LogP contribution in [-0.4, -0.2) is 11.0 Å². The van der Waals surface area contributed by atoms with Crippen LogP contribution in [0.5, 0.6) is 5.75 Å². The van der Waals surface area contributed by atoms with E-state index in [4.69, 9.17) is 11.6 Å². The van der Waals surface area contributed by atoms with Gasteiger partial charge in [0.25, 0.3) is 5.91 Å². The van der Waals surface area contributed by atoms with Crippen molar-refractivity contribution in [2.24, 2.45) is 0 Å². The molecule has 0 radical (unpaired) electrons. The van der Waals surface area contributed by atoms with Gasteiger partial charge in [-0.3, -0.25) is 4.79 Å². The number of phenolic OH excluding ortho intramolecular Hbond substituents is 1. The van der Waals surface area contributed by atoms with Crippen molar-refractivity contribution in [2.75, 3.05) is 0 Å². The molecule has 0 saturated heterocycles. The molecule has 0 aliphatic carbocycles. The van der Waals surface area contributed by atoms with Gasteiger partial charge in [0, 0.05) is 17.1 Å². The fraction of sp³-hybridized carbons (Fsp3) is 0.136. The third-order valence-electron chi connectivity index (χ3n) is 4.29. The van der Waals surface area contributed by atoms with Crippen LogP contribution in [0.2, 0.25) is 5.02 Å². The van der Waals surface area contributed by atoms with Gasteiger partial charge in [-0.25, -0.2) is 0 Å². The molecule has 0 unspecified atom stereocenters. The van der Waals surface area contributed by atoms with Gasteiger partial charge in [0.15, 0.2) is 0 Å². The summed E-state index contributed by atoms with van der Waals surface area (Å²) in [4.78, 5) is 12.2. The molecule has 0 bridgehead atoms. The molecule has 132 valence electrons. The maximum absolute atomic E-state index is 12.2. The van der Waals surface area contributed by atoms with E-state index >= 15 is 0 Å². The summed E-state index contributed by atoms with van der Waals surface area (Å²) in [6, 6.07) is 22.1. The molecule has 0 aliphatic heterocycles. The molecule has 3 nitrogen and oxygen atoms in total. The zero-order valence-corrected chi connectivity index (χ0v) is 15.0. The average Bonchev–Trinajstić information content (AvgIpc) is 2.67. The predicted molar refractivity (Wildman–Crippen MR) is 105 cm³/mol. The fourth-order valence-electron chi connectivity index (χ4n) is 2.86. The van der Waals surface area contributed by atoms with Crippen molar-refractivity contribution in [3.05, 3.63) is 100 Å². The lowest BCUT2D eigenvalue weighted by Gasteiger charge is -2.12. The number of benzene rings is 3. The minimum absolute atomic E-state index is 0.115. The molecule has 2 N–H and O–H groups in total. The van der Waals surface area contributed by atoms with Gasteiger partial charge < -0.3 is 10.4 Å². The van der Waals surface area contributed by atoms with E-state index in [-0.39, 0.29) is 11.7 Å². The number of halogens is 1. The van der Waals surface area contributed by atoms with E-state index in [2.05, 4.69) is 5.32 Å². The minimum atomic E-state index is -0.115. The van der Waals surface area contributed by atoms with E-state index in [1.807, 2.05) is 48.5 Å². The number of rotatable bonds is 6. The maximum atomic E-state index is 12.2. The zero-order chi connectivity index (χ0) is 18.4. The Morgan fingerprint density at radius 2 is 1.54 bits per heavy atom. The van der Waals surface area contributed by atoms with Crippen LogP contribution >= 0.6 is 11.6 Å². The molecule has 1 amide bonds. The number of phenols is 1. The third-order valence-corrected chi connectivity index (χ3v) is 4.66. The second-order valence-electron chi connectivity index (χ2n) is 6.09. The lowest BCUT2D eigenvalue weighted by molar-refractivity contribution is 0.0951. The molecule has 0 heterocycles. The summed E-state index contributed by atoms with van der Waals surface area (Å²) >= 11 is 6.23. The van der Waals surface area contributed by atoms with E-state index in [9.17, 15) is 9.90 Å². The SMILES string of the molecule is O=C(NCc1ccc(O)cc1CCc1ccccc1Cl)c1ccccc1. The quantitative estimate of drug-likeness (QED) is 0.661. The largest absolute Gasteiger partial charge is 0.508 e. The molecule has 4 heteroatoms. The van der Waals surface area contributed by atoms with Crippen LogP contribution in [-0.2, 0) is 19.4 Å². The van der Waals surface area contributed by atoms with E-state index in [1.54, 1.807) is 24.3 Å². The van der Waals surface area contributed by atoms with Crippen LogP contribution < -0.4 is 5.32 Å². The molecule has 3 aromatic rings.